The van der Waals surface area contributed by atoms with E-state index in [1.54, 1.807) is 24.3 Å². The summed E-state index contributed by atoms with van der Waals surface area (Å²) in [5.41, 5.74) is -2.61. The van der Waals surface area contributed by atoms with Gasteiger partial charge in [0.15, 0.2) is 0 Å². The van der Waals surface area contributed by atoms with Crippen LogP contribution in [0.2, 0.25) is 0 Å². The molecule has 0 spiro atoms. The Morgan fingerprint density at radius 2 is 0.974 bits per heavy atom. The van der Waals surface area contributed by atoms with Crippen molar-refractivity contribution in [3.05, 3.63) is 138 Å². The number of benzene rings is 1. The topological polar surface area (TPSA) is 152 Å². The molecule has 5 aromatic rings. The minimum Gasteiger partial charge on any atom is -1.00 e. The molecule has 426 valence electrons. The SMILES string of the molecule is CC(C)[N+]1(C)C2CC[C@@H]1CC(OC(=O)C(CO)c1ccccc1)C2.C[N+]1(C)C2C=C[C@@H]1CC(OC(=O)C(O)(c1cccs1)c1cccs1)C2.C[N+]1(C)C2CC(OC(=O)C(O)(c3cccs3)c3cccs3)C[C@H]1C1OC12.[Br-].[Br-].[Br-]. The van der Waals surface area contributed by atoms with Gasteiger partial charge in [0.05, 0.1) is 79.5 Å². The molecule has 6 saturated heterocycles. The average Bonchev–Trinajstić information content (AvgIpc) is 4.25. The number of esters is 3. The fourth-order valence-corrected chi connectivity index (χ4v) is 17.0. The smallest absolute Gasteiger partial charge is 0.349 e. The molecular formula is C58H74Br3N3O10S4. The number of quaternary nitrogens is 3. The summed E-state index contributed by atoms with van der Waals surface area (Å²) in [7, 11) is 11.3. The number of thiophene rings is 4. The molecule has 1 aromatic carbocycles. The molecule has 3 N–H and O–H groups in total. The second kappa shape index (κ2) is 25.0. The second-order valence-electron chi connectivity index (χ2n) is 23.2. The molecule has 0 saturated carbocycles. The fraction of sp³-hybridized carbons (Fsp3) is 0.534. The van der Waals surface area contributed by atoms with Crippen molar-refractivity contribution in [2.24, 2.45) is 0 Å². The molecule has 78 heavy (non-hydrogen) atoms. The lowest BCUT2D eigenvalue weighted by Gasteiger charge is -2.49. The van der Waals surface area contributed by atoms with E-state index < -0.39 is 29.1 Å². The van der Waals surface area contributed by atoms with Crippen LogP contribution in [0.3, 0.4) is 0 Å². The van der Waals surface area contributed by atoms with Crippen molar-refractivity contribution in [3.63, 3.8) is 0 Å². The number of halogens is 3. The van der Waals surface area contributed by atoms with Gasteiger partial charge in [0, 0.05) is 51.4 Å². The molecule has 0 aliphatic carbocycles. The van der Waals surface area contributed by atoms with Crippen molar-refractivity contribution in [1.82, 2.24) is 0 Å². The van der Waals surface area contributed by atoms with Crippen LogP contribution in [0.1, 0.15) is 96.2 Å². The lowest BCUT2D eigenvalue weighted by molar-refractivity contribution is -0.968. The molecule has 13 nitrogen and oxygen atoms in total. The van der Waals surface area contributed by atoms with Gasteiger partial charge in [0.2, 0.25) is 11.2 Å². The van der Waals surface area contributed by atoms with Crippen molar-refractivity contribution in [2.75, 3.05) is 41.8 Å². The highest BCUT2D eigenvalue weighted by Crippen LogP contribution is 2.52. The van der Waals surface area contributed by atoms with Crippen LogP contribution in [-0.4, -0.2) is 161 Å². The number of carbonyl (C=O) groups is 3. The molecule has 20 heteroatoms. The summed E-state index contributed by atoms with van der Waals surface area (Å²) in [6.07, 6.45) is 12.3. The van der Waals surface area contributed by atoms with E-state index >= 15 is 0 Å². The van der Waals surface area contributed by atoms with Crippen LogP contribution >= 0.6 is 45.3 Å². The summed E-state index contributed by atoms with van der Waals surface area (Å²) in [6, 6.07) is 27.2. The van der Waals surface area contributed by atoms with Crippen LogP contribution in [0.4, 0.5) is 0 Å². The van der Waals surface area contributed by atoms with Gasteiger partial charge in [-0.25, -0.2) is 9.59 Å². The highest BCUT2D eigenvalue weighted by atomic mass is 79.9. The Balaban J connectivity index is 0.000000167. The summed E-state index contributed by atoms with van der Waals surface area (Å²) >= 11 is 5.49. The number of epoxide rings is 1. The Bertz CT molecular complexity index is 2660. The number of carbonyl (C=O) groups excluding carboxylic acids is 3. The molecular weight excluding hydrogens is 1270 g/mol. The maximum Gasteiger partial charge on any atom is 0.349 e. The number of ether oxygens (including phenoxy) is 4. The summed E-state index contributed by atoms with van der Waals surface area (Å²) in [6.45, 7) is 4.39. The highest BCUT2D eigenvalue weighted by Gasteiger charge is 2.71. The lowest BCUT2D eigenvalue weighted by Crippen LogP contribution is -3.00. The van der Waals surface area contributed by atoms with Gasteiger partial charge in [0.25, 0.3) is 0 Å². The molecule has 0 amide bonds. The number of hydrogen-bond donors (Lipinski definition) is 3. The van der Waals surface area contributed by atoms with Crippen molar-refractivity contribution < 1.29 is 113 Å². The van der Waals surface area contributed by atoms with E-state index in [2.05, 4.69) is 61.2 Å². The highest BCUT2D eigenvalue weighted by molar-refractivity contribution is 7.12. The van der Waals surface area contributed by atoms with E-state index in [0.29, 0.717) is 74.0 Å². The number of nitrogens with zero attached hydrogens (tertiary/aromatic N) is 3. The van der Waals surface area contributed by atoms with Crippen LogP contribution in [-0.2, 0) is 44.5 Å². The normalized spacial score (nSPS) is 30.5. The lowest BCUT2D eigenvalue weighted by atomic mass is 9.94. The van der Waals surface area contributed by atoms with Crippen molar-refractivity contribution >= 4 is 63.3 Å². The number of likely N-dealkylation sites (N-methyl/N-ethyl adjacent to an activating group) is 2. The zero-order valence-corrected chi connectivity index (χ0v) is 53.2. The molecule has 6 bridgehead atoms. The van der Waals surface area contributed by atoms with Crippen LogP contribution in [0, 0.1) is 0 Å². The molecule has 6 fully saturated rings. The maximum absolute atomic E-state index is 13.1. The van der Waals surface area contributed by atoms with Crippen LogP contribution in [0.25, 0.3) is 0 Å². The summed E-state index contributed by atoms with van der Waals surface area (Å²) in [5, 5.41) is 39.8. The average molecular weight is 1340 g/mol. The van der Waals surface area contributed by atoms with E-state index in [-0.39, 0.29) is 81.8 Å². The molecule has 4 aromatic heterocycles. The van der Waals surface area contributed by atoms with E-state index in [0.717, 1.165) is 57.5 Å². The van der Waals surface area contributed by atoms with E-state index in [1.807, 2.05) is 76.1 Å². The van der Waals surface area contributed by atoms with Crippen LogP contribution in [0.5, 0.6) is 0 Å². The number of aliphatic hydroxyl groups excluding tert-OH is 1. The molecule has 7 aliphatic heterocycles. The van der Waals surface area contributed by atoms with Gasteiger partial charge in [-0.05, 0) is 77.3 Å². The van der Waals surface area contributed by atoms with E-state index in [4.69, 9.17) is 18.9 Å². The second-order valence-corrected chi connectivity index (χ2v) is 27.0. The standard InChI is InChI=1S/C20H30NO3.C19H22NO4S2.C19H22NO3S2.3BrH/c1-14(2)21(3)16-9-10-17(21)12-18(11-16)24-20(23)19(13-22)15-7-5-4-6-8-15;1-20(2)12-9-11(10-13(20)17-16(12)24-17)23-18(21)19(22,14-5-3-7-25-14)15-6-4-8-26-15;1-20(2)13-7-8-14(20)12-15(11-13)23-18(21)19(22,16-5-3-9-24-16)17-6-4-10-25-17;;;/h4-8,14,16-19,22H,9-13H2,1-3H3;3-8,11-13,16-17,22H,9-10H2,1-2H3;3-10,13-15,22H,11-12H2,1-2H3;3*1H/q3*+1;;;/p-3/t16-,17?,18?,19?,21?;11?,12-,13?,16?,17?;13-,14?,15?;;;/m101.../s1. The first-order valence-corrected chi connectivity index (χ1v) is 30.1. The summed E-state index contributed by atoms with van der Waals surface area (Å²) in [5.74, 6) is -1.98. The Morgan fingerprint density at radius 1 is 0.577 bits per heavy atom. The first-order chi connectivity index (χ1) is 35.8. The van der Waals surface area contributed by atoms with Gasteiger partial charge in [-0.1, -0.05) is 54.6 Å². The Hall–Kier alpha value is -2.67. The van der Waals surface area contributed by atoms with Gasteiger partial charge < -0.3 is 98.7 Å². The third-order valence-corrected chi connectivity index (χ3v) is 22.4. The maximum atomic E-state index is 13.1. The van der Waals surface area contributed by atoms with Crippen molar-refractivity contribution in [3.8, 4) is 0 Å². The largest absolute Gasteiger partial charge is 1.00 e. The molecule has 11 heterocycles. The Kier molecular flexibility index (Phi) is 20.2. The zero-order chi connectivity index (χ0) is 53.1. The first kappa shape index (κ1) is 62.9. The van der Waals surface area contributed by atoms with Gasteiger partial charge in [-0.15, -0.1) is 45.3 Å². The predicted octanol–water partition coefficient (Wildman–Crippen LogP) is -0.654. The predicted molar refractivity (Wildman–Crippen MR) is 292 cm³/mol. The minimum absolute atomic E-state index is 0. The summed E-state index contributed by atoms with van der Waals surface area (Å²) < 4.78 is 26.4. The van der Waals surface area contributed by atoms with Gasteiger partial charge in [-0.3, -0.25) is 4.79 Å². The zero-order valence-electron chi connectivity index (χ0n) is 45.1. The van der Waals surface area contributed by atoms with Crippen LogP contribution < -0.4 is 50.9 Å². The van der Waals surface area contributed by atoms with Gasteiger partial charge >= 0.3 is 17.9 Å². The van der Waals surface area contributed by atoms with Crippen LogP contribution in [0.15, 0.2) is 113 Å². The third kappa shape index (κ3) is 11.7. The Morgan fingerprint density at radius 3 is 1.35 bits per heavy atom. The molecule has 0 radical (unpaired) electrons. The number of fused-ring (bicyclic) bond motifs is 9. The quantitative estimate of drug-likeness (QED) is 0.0457. The van der Waals surface area contributed by atoms with Gasteiger partial charge in [0.1, 0.15) is 60.6 Å². The third-order valence-electron chi connectivity index (χ3n) is 18.5. The molecule has 10 unspecified atom stereocenters. The van der Waals surface area contributed by atoms with Crippen molar-refractivity contribution in [1.29, 1.82) is 0 Å². The minimum atomic E-state index is -1.72. The molecule has 12 rings (SSSR count). The van der Waals surface area contributed by atoms with E-state index in [9.17, 15) is 29.7 Å². The fourth-order valence-electron chi connectivity index (χ4n) is 13.6. The Labute approximate surface area is 506 Å². The van der Waals surface area contributed by atoms with Crippen molar-refractivity contribution in [2.45, 2.75) is 155 Å². The number of piperidine rings is 3. The number of aliphatic hydroxyl groups is 3. The van der Waals surface area contributed by atoms with Gasteiger partial charge in [-0.2, -0.15) is 0 Å². The number of hydrogen-bond acceptors (Lipinski definition) is 14. The van der Waals surface area contributed by atoms with E-state index in [1.165, 1.54) is 58.2 Å². The first-order valence-electron chi connectivity index (χ1n) is 26.6. The number of rotatable bonds is 13. The molecule has 7 aliphatic rings. The number of morpholine rings is 1. The monoisotopic (exact) mass is 1340 g/mol. The summed E-state index contributed by atoms with van der Waals surface area (Å²) in [4.78, 5) is 41.2. The molecule has 13 atom stereocenters.